The van der Waals surface area contributed by atoms with Crippen LogP contribution in [0.5, 0.6) is 0 Å². The van der Waals surface area contributed by atoms with E-state index in [1.54, 1.807) is 24.5 Å². The molecule has 0 aliphatic carbocycles. The number of fused-ring (bicyclic) bond motifs is 1. The van der Waals surface area contributed by atoms with Gasteiger partial charge in [-0.1, -0.05) is 0 Å². The maximum Gasteiger partial charge on any atom is 0.256 e. The molecule has 1 saturated heterocycles. The van der Waals surface area contributed by atoms with Crippen molar-refractivity contribution in [3.05, 3.63) is 24.5 Å². The van der Waals surface area contributed by atoms with Gasteiger partial charge < -0.3 is 20.8 Å². The third-order valence-electron chi connectivity index (χ3n) is 3.77. The molecule has 114 valence electrons. The van der Waals surface area contributed by atoms with Crippen LogP contribution in [0, 0.1) is 0 Å². The summed E-state index contributed by atoms with van der Waals surface area (Å²) in [6, 6.07) is 5.84. The molecule has 1 fully saturated rings. The number of nitrogens with zero attached hydrogens (tertiary/aromatic N) is 4. The van der Waals surface area contributed by atoms with Crippen molar-refractivity contribution in [3.8, 4) is 11.6 Å². The molecule has 4 N–H and O–H groups in total. The molecule has 0 bridgehead atoms. The third kappa shape index (κ3) is 2.37. The summed E-state index contributed by atoms with van der Waals surface area (Å²) in [5, 5.41) is 11.1. The summed E-state index contributed by atoms with van der Waals surface area (Å²) in [5.74, 6) is 2.70. The molecule has 0 aromatic carbocycles. The fourth-order valence-electron chi connectivity index (χ4n) is 2.65. The van der Waals surface area contributed by atoms with Gasteiger partial charge in [0.05, 0.1) is 6.26 Å². The molecule has 3 aromatic rings. The van der Waals surface area contributed by atoms with Gasteiger partial charge in [0.2, 0.25) is 5.82 Å². The Morgan fingerprint density at radius 2 is 2.41 bits per heavy atom. The van der Waals surface area contributed by atoms with Gasteiger partial charge in [-0.05, 0) is 31.5 Å². The smallest absolute Gasteiger partial charge is 0.256 e. The van der Waals surface area contributed by atoms with E-state index < -0.39 is 0 Å². The molecular weight excluding hydrogens is 282 g/mol. The molecule has 8 heteroatoms. The van der Waals surface area contributed by atoms with Crippen LogP contribution < -0.4 is 16.4 Å². The highest BCUT2D eigenvalue weighted by Gasteiger charge is 2.15. The number of nitrogens with two attached hydrogens (primary N) is 1. The first-order chi connectivity index (χ1) is 10.8. The predicted octanol–water partition coefficient (Wildman–Crippen LogP) is 1.13. The van der Waals surface area contributed by atoms with Crippen molar-refractivity contribution in [3.63, 3.8) is 0 Å². The van der Waals surface area contributed by atoms with E-state index in [0.717, 1.165) is 13.1 Å². The maximum atomic E-state index is 6.04. The van der Waals surface area contributed by atoms with Gasteiger partial charge in [0, 0.05) is 18.7 Å². The second-order valence-electron chi connectivity index (χ2n) is 5.36. The number of nitrogens with one attached hydrogen (secondary N) is 2. The molecule has 1 aliphatic heterocycles. The Morgan fingerprint density at radius 1 is 1.45 bits per heavy atom. The first-order valence-corrected chi connectivity index (χ1v) is 7.34. The summed E-state index contributed by atoms with van der Waals surface area (Å²) in [4.78, 5) is 8.82. The second-order valence-corrected chi connectivity index (χ2v) is 5.36. The SMILES string of the molecule is Nc1cc(NCC2CCCN2)nc2nc(-c3ccco3)nn12. The Balaban J connectivity index is 1.61. The molecular formula is C14H17N7O. The van der Waals surface area contributed by atoms with E-state index >= 15 is 0 Å². The quantitative estimate of drug-likeness (QED) is 0.663. The Morgan fingerprint density at radius 3 is 3.18 bits per heavy atom. The average Bonchev–Trinajstić information content (AvgIpc) is 3.25. The normalized spacial score (nSPS) is 18.1. The number of hydrogen-bond acceptors (Lipinski definition) is 7. The van der Waals surface area contributed by atoms with Gasteiger partial charge in [-0.25, -0.2) is 0 Å². The fraction of sp³-hybridized carbons (Fsp3) is 0.357. The number of rotatable bonds is 4. The summed E-state index contributed by atoms with van der Waals surface area (Å²) >= 11 is 0. The highest BCUT2D eigenvalue weighted by atomic mass is 16.3. The summed E-state index contributed by atoms with van der Waals surface area (Å²) in [6.45, 7) is 1.90. The number of furan rings is 1. The number of aromatic nitrogens is 4. The van der Waals surface area contributed by atoms with E-state index in [-0.39, 0.29) is 0 Å². The van der Waals surface area contributed by atoms with E-state index in [0.29, 0.717) is 35.0 Å². The maximum absolute atomic E-state index is 6.04. The number of nitrogen functional groups attached to an aromatic ring is 1. The van der Waals surface area contributed by atoms with Crippen molar-refractivity contribution in [2.45, 2.75) is 18.9 Å². The Bertz CT molecular complexity index is 774. The molecule has 0 amide bonds. The average molecular weight is 299 g/mol. The van der Waals surface area contributed by atoms with Gasteiger partial charge >= 0.3 is 0 Å². The van der Waals surface area contributed by atoms with Crippen LogP contribution in [-0.2, 0) is 0 Å². The monoisotopic (exact) mass is 299 g/mol. The molecule has 0 radical (unpaired) electrons. The van der Waals surface area contributed by atoms with Gasteiger partial charge in [-0.15, -0.1) is 5.10 Å². The third-order valence-corrected chi connectivity index (χ3v) is 3.77. The van der Waals surface area contributed by atoms with Gasteiger partial charge in [-0.3, -0.25) is 0 Å². The zero-order valence-electron chi connectivity index (χ0n) is 12.0. The lowest BCUT2D eigenvalue weighted by atomic mass is 10.2. The topological polar surface area (TPSA) is 106 Å². The van der Waals surface area contributed by atoms with Crippen LogP contribution in [0.2, 0.25) is 0 Å². The van der Waals surface area contributed by atoms with E-state index in [4.69, 9.17) is 10.2 Å². The first kappa shape index (κ1) is 13.1. The Hall–Kier alpha value is -2.61. The van der Waals surface area contributed by atoms with Crippen LogP contribution in [0.1, 0.15) is 12.8 Å². The van der Waals surface area contributed by atoms with Crippen molar-refractivity contribution >= 4 is 17.4 Å². The Kier molecular flexibility index (Phi) is 3.15. The second kappa shape index (κ2) is 5.30. The van der Waals surface area contributed by atoms with E-state index in [2.05, 4.69) is 25.7 Å². The van der Waals surface area contributed by atoms with Crippen LogP contribution in [0.15, 0.2) is 28.9 Å². The predicted molar refractivity (Wildman–Crippen MR) is 82.4 cm³/mol. The van der Waals surface area contributed by atoms with Gasteiger partial charge in [-0.2, -0.15) is 14.5 Å². The molecule has 1 unspecified atom stereocenters. The van der Waals surface area contributed by atoms with Crippen molar-refractivity contribution in [2.24, 2.45) is 0 Å². The van der Waals surface area contributed by atoms with Crippen LogP contribution in [-0.4, -0.2) is 38.7 Å². The minimum Gasteiger partial charge on any atom is -0.461 e. The molecule has 0 saturated carbocycles. The number of anilines is 2. The van der Waals surface area contributed by atoms with Crippen molar-refractivity contribution in [2.75, 3.05) is 24.1 Å². The molecule has 3 aromatic heterocycles. The zero-order valence-corrected chi connectivity index (χ0v) is 12.0. The lowest BCUT2D eigenvalue weighted by molar-refractivity contribution is 0.577. The van der Waals surface area contributed by atoms with E-state index in [1.807, 2.05) is 0 Å². The lowest BCUT2D eigenvalue weighted by Crippen LogP contribution is -2.29. The summed E-state index contributed by atoms with van der Waals surface area (Å²) in [6.07, 6.45) is 3.98. The van der Waals surface area contributed by atoms with Gasteiger partial charge in [0.1, 0.15) is 11.6 Å². The summed E-state index contributed by atoms with van der Waals surface area (Å²) < 4.78 is 6.81. The van der Waals surface area contributed by atoms with Crippen LogP contribution >= 0.6 is 0 Å². The van der Waals surface area contributed by atoms with Gasteiger partial charge in [0.15, 0.2) is 5.76 Å². The highest BCUT2D eigenvalue weighted by molar-refractivity contribution is 5.56. The van der Waals surface area contributed by atoms with Crippen molar-refractivity contribution in [1.29, 1.82) is 0 Å². The molecule has 0 spiro atoms. The van der Waals surface area contributed by atoms with E-state index in [9.17, 15) is 0 Å². The first-order valence-electron chi connectivity index (χ1n) is 7.34. The largest absolute Gasteiger partial charge is 0.461 e. The number of hydrogen-bond donors (Lipinski definition) is 3. The fourth-order valence-corrected chi connectivity index (χ4v) is 2.65. The van der Waals surface area contributed by atoms with Crippen molar-refractivity contribution in [1.82, 2.24) is 24.9 Å². The van der Waals surface area contributed by atoms with Crippen molar-refractivity contribution < 1.29 is 4.42 Å². The minimum absolute atomic E-state index is 0.452. The molecule has 1 atom stereocenters. The Labute approximate surface area is 126 Å². The lowest BCUT2D eigenvalue weighted by Gasteiger charge is -2.12. The molecule has 4 rings (SSSR count). The summed E-state index contributed by atoms with van der Waals surface area (Å²) in [5.41, 5.74) is 6.04. The summed E-state index contributed by atoms with van der Waals surface area (Å²) in [7, 11) is 0. The van der Waals surface area contributed by atoms with Gasteiger partial charge in [0.25, 0.3) is 5.78 Å². The van der Waals surface area contributed by atoms with Crippen LogP contribution in [0.3, 0.4) is 0 Å². The molecule has 1 aliphatic rings. The molecule has 4 heterocycles. The standard InChI is InChI=1S/C14H17N7O/c15-11-7-12(17-8-9-3-1-5-16-9)18-14-19-13(20-21(11)14)10-4-2-6-22-10/h2,4,6-7,9,16H,1,3,5,8,15H2,(H,17,18,19,20). The minimum atomic E-state index is 0.452. The van der Waals surface area contributed by atoms with Crippen LogP contribution in [0.4, 0.5) is 11.6 Å². The van der Waals surface area contributed by atoms with E-state index in [1.165, 1.54) is 17.4 Å². The zero-order chi connectivity index (χ0) is 14.9. The van der Waals surface area contributed by atoms with Crippen LogP contribution in [0.25, 0.3) is 17.4 Å². The molecule has 8 nitrogen and oxygen atoms in total. The highest BCUT2D eigenvalue weighted by Crippen LogP contribution is 2.19. The molecule has 22 heavy (non-hydrogen) atoms.